The lowest BCUT2D eigenvalue weighted by Gasteiger charge is -2.18. The van der Waals surface area contributed by atoms with E-state index in [1.165, 1.54) is 0 Å². The highest BCUT2D eigenvalue weighted by Crippen LogP contribution is 2.19. The molecule has 7 nitrogen and oxygen atoms in total. The normalized spacial score (nSPS) is 16.8. The average Bonchev–Trinajstić information content (AvgIpc) is 3.04. The summed E-state index contributed by atoms with van der Waals surface area (Å²) in [4.78, 5) is 11.8. The first-order valence-corrected chi connectivity index (χ1v) is 6.98. The second kappa shape index (κ2) is 5.78. The zero-order chi connectivity index (χ0) is 14.8. The van der Waals surface area contributed by atoms with Crippen LogP contribution >= 0.6 is 0 Å². The minimum Gasteiger partial charge on any atom is -0.407 e. The predicted octanol–water partition coefficient (Wildman–Crippen LogP) is 1.04. The quantitative estimate of drug-likeness (QED) is 0.721. The van der Waals surface area contributed by atoms with Crippen molar-refractivity contribution in [3.05, 3.63) is 5.89 Å². The van der Waals surface area contributed by atoms with E-state index < -0.39 is 0 Å². The fourth-order valence-corrected chi connectivity index (χ4v) is 1.53. The van der Waals surface area contributed by atoms with Gasteiger partial charge in [0.1, 0.15) is 6.04 Å². The number of amides is 1. The molecule has 1 aromatic rings. The van der Waals surface area contributed by atoms with Gasteiger partial charge in [-0.25, -0.2) is 0 Å². The summed E-state index contributed by atoms with van der Waals surface area (Å²) in [6, 6.07) is 0.231. The monoisotopic (exact) mass is 281 g/mol. The van der Waals surface area contributed by atoms with Crippen LogP contribution in [0.15, 0.2) is 4.42 Å². The van der Waals surface area contributed by atoms with E-state index in [1.807, 2.05) is 0 Å². The Hall–Kier alpha value is -1.63. The van der Waals surface area contributed by atoms with Gasteiger partial charge in [0, 0.05) is 11.6 Å². The number of aromatic nitrogens is 2. The summed E-state index contributed by atoms with van der Waals surface area (Å²) in [5, 5.41) is 16.9. The molecule has 1 aromatic heterocycles. The van der Waals surface area contributed by atoms with Crippen molar-refractivity contribution in [3.63, 3.8) is 0 Å². The standard InChI is InChI=1S/C13H23N5O2/c1-8(11(19)16-9-5-6-9)15-12-18-17-10(20-12)7-14-13(2,3)4/h8-9,14H,5-7H2,1-4H3,(H,15,18)(H,16,19). The zero-order valence-corrected chi connectivity index (χ0v) is 12.5. The third-order valence-corrected chi connectivity index (χ3v) is 2.89. The molecule has 1 heterocycles. The average molecular weight is 281 g/mol. The summed E-state index contributed by atoms with van der Waals surface area (Å²) in [7, 11) is 0. The third-order valence-electron chi connectivity index (χ3n) is 2.89. The number of nitrogens with one attached hydrogen (secondary N) is 3. The van der Waals surface area contributed by atoms with Crippen molar-refractivity contribution in [2.24, 2.45) is 0 Å². The smallest absolute Gasteiger partial charge is 0.316 e. The van der Waals surface area contributed by atoms with Crippen LogP contribution in [0.5, 0.6) is 0 Å². The number of anilines is 1. The molecule has 0 bridgehead atoms. The molecule has 3 N–H and O–H groups in total. The molecule has 1 aliphatic carbocycles. The molecule has 0 radical (unpaired) electrons. The van der Waals surface area contributed by atoms with Crippen LogP contribution in [0.3, 0.4) is 0 Å². The highest BCUT2D eigenvalue weighted by Gasteiger charge is 2.26. The largest absolute Gasteiger partial charge is 0.407 e. The summed E-state index contributed by atoms with van der Waals surface area (Å²) in [6.07, 6.45) is 2.14. The van der Waals surface area contributed by atoms with Gasteiger partial charge in [-0.05, 0) is 40.5 Å². The zero-order valence-electron chi connectivity index (χ0n) is 12.5. The second-order valence-electron chi connectivity index (χ2n) is 6.25. The topological polar surface area (TPSA) is 92.1 Å². The Labute approximate surface area is 118 Å². The molecule has 7 heteroatoms. The summed E-state index contributed by atoms with van der Waals surface area (Å²) in [5.74, 6) is 0.456. The fraction of sp³-hybridized carbons (Fsp3) is 0.769. The van der Waals surface area contributed by atoms with Gasteiger partial charge in [-0.1, -0.05) is 5.10 Å². The van der Waals surface area contributed by atoms with Gasteiger partial charge in [0.15, 0.2) is 0 Å². The van der Waals surface area contributed by atoms with Gasteiger partial charge >= 0.3 is 6.01 Å². The van der Waals surface area contributed by atoms with E-state index in [9.17, 15) is 4.79 Å². The second-order valence-corrected chi connectivity index (χ2v) is 6.25. The van der Waals surface area contributed by atoms with Crippen molar-refractivity contribution in [2.45, 2.75) is 64.7 Å². The Morgan fingerprint density at radius 2 is 2.10 bits per heavy atom. The molecule has 0 aliphatic heterocycles. The number of carbonyl (C=O) groups is 1. The van der Waals surface area contributed by atoms with Crippen molar-refractivity contribution in [3.8, 4) is 0 Å². The number of rotatable bonds is 6. The van der Waals surface area contributed by atoms with E-state index in [0.717, 1.165) is 12.8 Å². The van der Waals surface area contributed by atoms with E-state index in [1.54, 1.807) is 6.92 Å². The first-order valence-electron chi connectivity index (χ1n) is 6.98. The van der Waals surface area contributed by atoms with Gasteiger partial charge in [0.05, 0.1) is 6.54 Å². The summed E-state index contributed by atoms with van der Waals surface area (Å²) < 4.78 is 5.44. The lowest BCUT2D eigenvalue weighted by molar-refractivity contribution is -0.121. The molecule has 1 aliphatic rings. The highest BCUT2D eigenvalue weighted by molar-refractivity contribution is 5.84. The highest BCUT2D eigenvalue weighted by atomic mass is 16.4. The van der Waals surface area contributed by atoms with E-state index in [2.05, 4.69) is 46.9 Å². The Balaban J connectivity index is 1.80. The summed E-state index contributed by atoms with van der Waals surface area (Å²) >= 11 is 0. The molecule has 0 aromatic carbocycles. The van der Waals surface area contributed by atoms with E-state index >= 15 is 0 Å². The Kier molecular flexibility index (Phi) is 4.27. The Morgan fingerprint density at radius 1 is 1.40 bits per heavy atom. The molecular formula is C13H23N5O2. The fourth-order valence-electron chi connectivity index (χ4n) is 1.53. The van der Waals surface area contributed by atoms with Crippen molar-refractivity contribution >= 4 is 11.9 Å². The number of carbonyl (C=O) groups excluding carboxylic acids is 1. The molecule has 0 spiro atoms. The maximum atomic E-state index is 11.8. The van der Waals surface area contributed by atoms with Crippen LogP contribution in [0.4, 0.5) is 6.01 Å². The van der Waals surface area contributed by atoms with Crippen molar-refractivity contribution in [1.29, 1.82) is 0 Å². The number of hydrogen-bond acceptors (Lipinski definition) is 6. The van der Waals surface area contributed by atoms with Crippen LogP contribution in [0.2, 0.25) is 0 Å². The summed E-state index contributed by atoms with van der Waals surface area (Å²) in [5.41, 5.74) is -0.0144. The van der Waals surface area contributed by atoms with Gasteiger partial charge in [-0.15, -0.1) is 5.10 Å². The first kappa shape index (κ1) is 14.8. The van der Waals surface area contributed by atoms with Gasteiger partial charge in [-0.3, -0.25) is 4.79 Å². The van der Waals surface area contributed by atoms with Gasteiger partial charge in [-0.2, -0.15) is 0 Å². The number of nitrogens with zero attached hydrogens (tertiary/aromatic N) is 2. The molecule has 0 saturated heterocycles. The van der Waals surface area contributed by atoms with Gasteiger partial charge in [0.25, 0.3) is 0 Å². The van der Waals surface area contributed by atoms with Crippen molar-refractivity contribution in [1.82, 2.24) is 20.8 Å². The first-order chi connectivity index (χ1) is 9.33. The molecule has 1 fully saturated rings. The lowest BCUT2D eigenvalue weighted by Crippen LogP contribution is -2.38. The van der Waals surface area contributed by atoms with Crippen molar-refractivity contribution < 1.29 is 9.21 Å². The predicted molar refractivity (Wildman–Crippen MR) is 75.1 cm³/mol. The molecule has 20 heavy (non-hydrogen) atoms. The molecule has 1 atom stereocenters. The lowest BCUT2D eigenvalue weighted by atomic mass is 10.1. The van der Waals surface area contributed by atoms with Gasteiger partial charge in [0.2, 0.25) is 11.8 Å². The summed E-state index contributed by atoms with van der Waals surface area (Å²) in [6.45, 7) is 8.46. The maximum Gasteiger partial charge on any atom is 0.316 e. The molecule has 1 amide bonds. The molecule has 1 unspecified atom stereocenters. The molecule has 1 saturated carbocycles. The number of hydrogen-bond donors (Lipinski definition) is 3. The van der Waals surface area contributed by atoms with Gasteiger partial charge < -0.3 is 20.4 Å². The molecule has 112 valence electrons. The third kappa shape index (κ3) is 4.80. The Bertz CT molecular complexity index is 462. The van der Waals surface area contributed by atoms with Crippen LogP contribution in [0, 0.1) is 0 Å². The van der Waals surface area contributed by atoms with E-state index in [-0.39, 0.29) is 23.5 Å². The molecular weight excluding hydrogens is 258 g/mol. The van der Waals surface area contributed by atoms with Crippen LogP contribution in [0.25, 0.3) is 0 Å². The Morgan fingerprint density at radius 3 is 2.70 bits per heavy atom. The van der Waals surface area contributed by atoms with Crippen LogP contribution in [-0.2, 0) is 11.3 Å². The maximum absolute atomic E-state index is 11.8. The van der Waals surface area contributed by atoms with Crippen LogP contribution in [-0.4, -0.2) is 33.7 Å². The van der Waals surface area contributed by atoms with Crippen LogP contribution < -0.4 is 16.0 Å². The minimum atomic E-state index is -0.389. The van der Waals surface area contributed by atoms with E-state index in [0.29, 0.717) is 18.5 Å². The van der Waals surface area contributed by atoms with E-state index in [4.69, 9.17) is 4.42 Å². The minimum absolute atomic E-state index is 0.0144. The SMILES string of the molecule is CC(Nc1nnc(CNC(C)(C)C)o1)C(=O)NC1CC1. The van der Waals surface area contributed by atoms with Crippen molar-refractivity contribution in [2.75, 3.05) is 5.32 Å². The molecule has 2 rings (SSSR count). The van der Waals surface area contributed by atoms with Crippen LogP contribution in [0.1, 0.15) is 46.4 Å².